The molecule has 0 bridgehead atoms. The second-order valence-electron chi connectivity index (χ2n) is 4.81. The van der Waals surface area contributed by atoms with E-state index in [2.05, 4.69) is 5.32 Å². The van der Waals surface area contributed by atoms with E-state index in [1.165, 1.54) is 0 Å². The van der Waals surface area contributed by atoms with Crippen LogP contribution >= 0.6 is 0 Å². The summed E-state index contributed by atoms with van der Waals surface area (Å²) in [4.78, 5) is 12.3. The van der Waals surface area contributed by atoms with Crippen molar-refractivity contribution in [2.45, 2.75) is 19.9 Å². The molecule has 0 aliphatic carbocycles. The van der Waals surface area contributed by atoms with Crippen LogP contribution in [0.5, 0.6) is 5.75 Å². The van der Waals surface area contributed by atoms with Gasteiger partial charge >= 0.3 is 0 Å². The number of aromatic hydroxyl groups is 1. The smallest absolute Gasteiger partial charge is 0.252 e. The van der Waals surface area contributed by atoms with E-state index in [4.69, 9.17) is 5.73 Å². The first kappa shape index (κ1) is 13.9. The summed E-state index contributed by atoms with van der Waals surface area (Å²) < 4.78 is 0. The molecule has 0 spiro atoms. The number of phenolic OH excluding ortho intramolecular Hbond substituents is 1. The highest BCUT2D eigenvalue weighted by Crippen LogP contribution is 2.20. The zero-order chi connectivity index (χ0) is 14.7. The lowest BCUT2D eigenvalue weighted by Gasteiger charge is -2.16. The van der Waals surface area contributed by atoms with Gasteiger partial charge in [0.25, 0.3) is 5.91 Å². The first-order valence-electron chi connectivity index (χ1n) is 6.44. The van der Waals surface area contributed by atoms with Gasteiger partial charge in [-0.25, -0.2) is 0 Å². The van der Waals surface area contributed by atoms with Crippen LogP contribution in [0.1, 0.15) is 34.5 Å². The molecular formula is C16H18N2O2. The van der Waals surface area contributed by atoms with Gasteiger partial charge in [0.15, 0.2) is 0 Å². The van der Waals surface area contributed by atoms with Gasteiger partial charge in [0.05, 0.1) is 6.04 Å². The first-order valence-corrected chi connectivity index (χ1v) is 6.44. The fourth-order valence-corrected chi connectivity index (χ4v) is 2.05. The predicted molar refractivity (Wildman–Crippen MR) is 79.6 cm³/mol. The molecule has 104 valence electrons. The Labute approximate surface area is 118 Å². The number of benzene rings is 2. The van der Waals surface area contributed by atoms with Gasteiger partial charge in [-0.05, 0) is 49.2 Å². The number of hydrogen-bond donors (Lipinski definition) is 3. The lowest BCUT2D eigenvalue weighted by molar-refractivity contribution is 0.0939. The number of anilines is 1. The van der Waals surface area contributed by atoms with Crippen LogP contribution in [0, 0.1) is 6.92 Å². The second-order valence-corrected chi connectivity index (χ2v) is 4.81. The van der Waals surface area contributed by atoms with E-state index in [9.17, 15) is 9.90 Å². The third-order valence-corrected chi connectivity index (χ3v) is 3.34. The predicted octanol–water partition coefficient (Wildman–Crippen LogP) is 2.77. The Hall–Kier alpha value is -2.49. The van der Waals surface area contributed by atoms with Crippen molar-refractivity contribution in [2.24, 2.45) is 0 Å². The number of hydrogen-bond acceptors (Lipinski definition) is 3. The topological polar surface area (TPSA) is 75.4 Å². The molecule has 1 unspecified atom stereocenters. The molecule has 2 aromatic carbocycles. The van der Waals surface area contributed by atoms with Gasteiger partial charge in [-0.15, -0.1) is 0 Å². The number of amides is 1. The van der Waals surface area contributed by atoms with E-state index < -0.39 is 0 Å². The number of phenols is 1. The lowest BCUT2D eigenvalue weighted by Crippen LogP contribution is -2.27. The molecule has 4 heteroatoms. The normalized spacial score (nSPS) is 11.9. The van der Waals surface area contributed by atoms with Gasteiger partial charge in [-0.2, -0.15) is 0 Å². The molecule has 1 atom stereocenters. The van der Waals surface area contributed by atoms with Crippen LogP contribution in [-0.2, 0) is 0 Å². The van der Waals surface area contributed by atoms with Crippen molar-refractivity contribution < 1.29 is 9.90 Å². The van der Waals surface area contributed by atoms with Gasteiger partial charge in [0, 0.05) is 11.3 Å². The lowest BCUT2D eigenvalue weighted by atomic mass is 10.0. The van der Waals surface area contributed by atoms with Crippen molar-refractivity contribution in [2.75, 3.05) is 5.73 Å². The number of carbonyl (C=O) groups excluding carboxylic acids is 1. The van der Waals surface area contributed by atoms with Gasteiger partial charge < -0.3 is 16.2 Å². The molecule has 0 aromatic heterocycles. The fourth-order valence-electron chi connectivity index (χ4n) is 2.05. The Balaban J connectivity index is 2.17. The van der Waals surface area contributed by atoms with Crippen molar-refractivity contribution in [1.29, 1.82) is 0 Å². The molecule has 0 radical (unpaired) electrons. The second kappa shape index (κ2) is 5.65. The molecule has 0 saturated carbocycles. The Morgan fingerprint density at radius 2 is 1.95 bits per heavy atom. The summed E-state index contributed by atoms with van der Waals surface area (Å²) in [7, 11) is 0. The average Bonchev–Trinajstić information content (AvgIpc) is 2.41. The van der Waals surface area contributed by atoms with Crippen LogP contribution in [0.3, 0.4) is 0 Å². The quantitative estimate of drug-likeness (QED) is 0.751. The maximum Gasteiger partial charge on any atom is 0.252 e. The number of rotatable bonds is 3. The Kier molecular flexibility index (Phi) is 3.94. The molecule has 4 N–H and O–H groups in total. The number of nitrogen functional groups attached to an aromatic ring is 1. The number of nitrogens with two attached hydrogens (primary N) is 1. The molecule has 0 heterocycles. The molecule has 0 saturated heterocycles. The highest BCUT2D eigenvalue weighted by molar-refractivity contribution is 5.97. The van der Waals surface area contributed by atoms with Crippen LogP contribution in [0.25, 0.3) is 0 Å². The minimum atomic E-state index is -0.199. The van der Waals surface area contributed by atoms with Crippen molar-refractivity contribution in [3.63, 3.8) is 0 Å². The maximum absolute atomic E-state index is 12.3. The molecule has 2 rings (SSSR count). The summed E-state index contributed by atoms with van der Waals surface area (Å²) in [6.07, 6.45) is 0. The molecule has 4 nitrogen and oxygen atoms in total. The van der Waals surface area contributed by atoms with E-state index in [1.54, 1.807) is 36.4 Å². The molecule has 0 fully saturated rings. The molecular weight excluding hydrogens is 252 g/mol. The van der Waals surface area contributed by atoms with Crippen molar-refractivity contribution >= 4 is 11.6 Å². The third kappa shape index (κ3) is 2.91. The zero-order valence-electron chi connectivity index (χ0n) is 11.6. The van der Waals surface area contributed by atoms with E-state index in [0.29, 0.717) is 11.3 Å². The van der Waals surface area contributed by atoms with E-state index in [1.807, 2.05) is 19.9 Å². The Bertz CT molecular complexity index is 638. The van der Waals surface area contributed by atoms with Crippen LogP contribution in [0.2, 0.25) is 0 Å². The standard InChI is InChI=1S/C16H18N2O2/c1-10-14(7-4-8-15(10)17)16(20)18-11(2)12-5-3-6-13(19)9-12/h3-9,11,19H,17H2,1-2H3,(H,18,20). The summed E-state index contributed by atoms with van der Waals surface area (Å²) >= 11 is 0. The molecule has 0 aliphatic rings. The summed E-state index contributed by atoms with van der Waals surface area (Å²) in [5, 5.41) is 12.4. The highest BCUT2D eigenvalue weighted by Gasteiger charge is 2.14. The molecule has 1 amide bonds. The van der Waals surface area contributed by atoms with Crippen LogP contribution in [-0.4, -0.2) is 11.0 Å². The first-order chi connectivity index (χ1) is 9.49. The van der Waals surface area contributed by atoms with Crippen LogP contribution in [0.15, 0.2) is 42.5 Å². The van der Waals surface area contributed by atoms with Crippen LogP contribution in [0.4, 0.5) is 5.69 Å². The Morgan fingerprint density at radius 3 is 2.65 bits per heavy atom. The van der Waals surface area contributed by atoms with Gasteiger partial charge in [-0.1, -0.05) is 18.2 Å². The minimum absolute atomic E-state index is 0.175. The summed E-state index contributed by atoms with van der Waals surface area (Å²) in [6.45, 7) is 3.69. The van der Waals surface area contributed by atoms with E-state index in [-0.39, 0.29) is 17.7 Å². The number of carbonyl (C=O) groups is 1. The maximum atomic E-state index is 12.3. The zero-order valence-corrected chi connectivity index (χ0v) is 11.6. The van der Waals surface area contributed by atoms with Crippen molar-refractivity contribution in [3.8, 4) is 5.75 Å². The number of nitrogens with one attached hydrogen (secondary N) is 1. The summed E-state index contributed by atoms with van der Waals surface area (Å²) in [5.74, 6) is 0.00868. The monoisotopic (exact) mass is 270 g/mol. The van der Waals surface area contributed by atoms with Gasteiger partial charge in [-0.3, -0.25) is 4.79 Å². The van der Waals surface area contributed by atoms with E-state index in [0.717, 1.165) is 11.1 Å². The largest absolute Gasteiger partial charge is 0.508 e. The minimum Gasteiger partial charge on any atom is -0.508 e. The Morgan fingerprint density at radius 1 is 1.25 bits per heavy atom. The van der Waals surface area contributed by atoms with Gasteiger partial charge in [0.2, 0.25) is 0 Å². The highest BCUT2D eigenvalue weighted by atomic mass is 16.3. The van der Waals surface area contributed by atoms with Crippen molar-refractivity contribution in [1.82, 2.24) is 5.32 Å². The average molecular weight is 270 g/mol. The summed E-state index contributed by atoms with van der Waals surface area (Å²) in [5.41, 5.74) is 8.59. The van der Waals surface area contributed by atoms with Crippen LogP contribution < -0.4 is 11.1 Å². The fraction of sp³-hybridized carbons (Fsp3) is 0.188. The summed E-state index contributed by atoms with van der Waals surface area (Å²) in [6, 6.07) is 11.9. The van der Waals surface area contributed by atoms with Gasteiger partial charge in [0.1, 0.15) is 5.75 Å². The third-order valence-electron chi connectivity index (χ3n) is 3.34. The molecule has 20 heavy (non-hydrogen) atoms. The van der Waals surface area contributed by atoms with Crippen molar-refractivity contribution in [3.05, 3.63) is 59.2 Å². The van der Waals surface area contributed by atoms with E-state index >= 15 is 0 Å². The SMILES string of the molecule is Cc1c(N)cccc1C(=O)NC(C)c1cccc(O)c1. The molecule has 0 aliphatic heterocycles. The molecule has 2 aromatic rings.